The normalized spacial score (nSPS) is 17.2. The van der Waals surface area contributed by atoms with Crippen molar-refractivity contribution < 1.29 is 19.1 Å². The minimum atomic E-state index is -0.571. The Labute approximate surface area is 246 Å². The molecule has 2 aromatic carbocycles. The van der Waals surface area contributed by atoms with Gasteiger partial charge in [-0.1, -0.05) is 31.4 Å². The summed E-state index contributed by atoms with van der Waals surface area (Å²) in [7, 11) is 1.64. The first-order valence-corrected chi connectivity index (χ1v) is 14.8. The van der Waals surface area contributed by atoms with E-state index in [4.69, 9.17) is 4.74 Å². The Balaban J connectivity index is 1.43. The Morgan fingerprint density at radius 2 is 1.74 bits per heavy atom. The first kappa shape index (κ1) is 27.9. The summed E-state index contributed by atoms with van der Waals surface area (Å²) in [5, 5.41) is 6.32. The predicted octanol–water partition coefficient (Wildman–Crippen LogP) is 6.21. The van der Waals surface area contributed by atoms with Gasteiger partial charge in [-0.15, -0.1) is 0 Å². The summed E-state index contributed by atoms with van der Waals surface area (Å²) >= 11 is 0. The maximum Gasteiger partial charge on any atom is 0.255 e. The lowest BCUT2D eigenvalue weighted by atomic mass is 9.73. The number of methoxy groups -OCH3 is 1. The molecule has 0 bridgehead atoms. The number of amides is 2. The summed E-state index contributed by atoms with van der Waals surface area (Å²) in [4.78, 5) is 50.9. The molecule has 2 aliphatic carbocycles. The number of aromatic nitrogens is 2. The Morgan fingerprint density at radius 1 is 1.05 bits per heavy atom. The molecule has 1 aromatic heterocycles. The highest BCUT2D eigenvalue weighted by Crippen LogP contribution is 2.53. The summed E-state index contributed by atoms with van der Waals surface area (Å²) in [6, 6.07) is 9.70. The van der Waals surface area contributed by atoms with Crippen LogP contribution in [0, 0.1) is 19.8 Å². The van der Waals surface area contributed by atoms with Gasteiger partial charge in [0, 0.05) is 34.7 Å². The fourth-order valence-corrected chi connectivity index (χ4v) is 6.67. The molecule has 42 heavy (non-hydrogen) atoms. The number of carbonyl (C=O) groups excluding carboxylic acids is 3. The molecule has 1 spiro atoms. The standard InChI is InChI=1S/C33H37N5O4/c1-19-16-25(36-29-20(2)30(35-18-34-29)37-31(40)23-10-11-23)27(21(3)39)28-26(19)32(41)38(33(28)14-6-5-7-15-33)17-22-8-12-24(42-4)13-9-22/h8-9,12-13,16,18,23H,5-7,10-11,14-15,17H2,1-4H3,(H2,34,35,36,37,40). The monoisotopic (exact) mass is 567 g/mol. The van der Waals surface area contributed by atoms with Gasteiger partial charge in [0.15, 0.2) is 5.78 Å². The molecule has 0 atom stereocenters. The van der Waals surface area contributed by atoms with Gasteiger partial charge in [-0.3, -0.25) is 14.4 Å². The van der Waals surface area contributed by atoms with Crippen LogP contribution in [0.4, 0.5) is 17.3 Å². The number of rotatable bonds is 8. The molecule has 6 rings (SSSR count). The number of hydrogen-bond donors (Lipinski definition) is 2. The second-order valence-electron chi connectivity index (χ2n) is 11.8. The van der Waals surface area contributed by atoms with Crippen molar-refractivity contribution in [3.63, 3.8) is 0 Å². The molecular formula is C33H37N5O4. The van der Waals surface area contributed by atoms with E-state index < -0.39 is 5.54 Å². The average Bonchev–Trinajstić information content (AvgIpc) is 3.81. The Hall–Kier alpha value is -4.27. The van der Waals surface area contributed by atoms with Crippen LogP contribution in [0.25, 0.3) is 0 Å². The largest absolute Gasteiger partial charge is 0.497 e. The van der Waals surface area contributed by atoms with Crippen molar-refractivity contribution in [3.8, 4) is 5.75 Å². The van der Waals surface area contributed by atoms with Crippen molar-refractivity contribution in [2.75, 3.05) is 17.7 Å². The van der Waals surface area contributed by atoms with E-state index in [2.05, 4.69) is 20.6 Å². The van der Waals surface area contributed by atoms with Crippen LogP contribution in [0.5, 0.6) is 5.75 Å². The molecule has 218 valence electrons. The number of fused-ring (bicyclic) bond motifs is 2. The number of carbonyl (C=O) groups is 3. The molecule has 9 nitrogen and oxygen atoms in total. The quantitative estimate of drug-likeness (QED) is 0.311. The highest BCUT2D eigenvalue weighted by Gasteiger charge is 2.52. The molecule has 2 saturated carbocycles. The molecule has 2 fully saturated rings. The zero-order valence-corrected chi connectivity index (χ0v) is 24.7. The predicted molar refractivity (Wildman–Crippen MR) is 160 cm³/mol. The highest BCUT2D eigenvalue weighted by molar-refractivity contribution is 6.10. The SMILES string of the molecule is COc1ccc(CN2C(=O)c3c(C)cc(Nc4ncnc(NC(=O)C5CC5)c4C)c(C(C)=O)c3C23CCCCC3)cc1. The van der Waals surface area contributed by atoms with Crippen LogP contribution in [-0.2, 0) is 16.9 Å². The van der Waals surface area contributed by atoms with Crippen LogP contribution in [0.1, 0.15) is 94.8 Å². The number of nitrogens with one attached hydrogen (secondary N) is 2. The molecular weight excluding hydrogens is 530 g/mol. The first-order chi connectivity index (χ1) is 20.2. The molecule has 3 aromatic rings. The maximum atomic E-state index is 14.2. The number of hydrogen-bond acceptors (Lipinski definition) is 7. The number of ether oxygens (including phenoxy) is 1. The lowest BCUT2D eigenvalue weighted by molar-refractivity contribution is -0.117. The van der Waals surface area contributed by atoms with E-state index in [0.29, 0.717) is 40.6 Å². The second kappa shape index (κ2) is 10.9. The molecule has 1 aliphatic heterocycles. The van der Waals surface area contributed by atoms with Crippen molar-refractivity contribution in [1.82, 2.24) is 14.9 Å². The van der Waals surface area contributed by atoms with E-state index >= 15 is 0 Å². The minimum absolute atomic E-state index is 0.0300. The second-order valence-corrected chi connectivity index (χ2v) is 11.8. The zero-order chi connectivity index (χ0) is 29.6. The van der Waals surface area contributed by atoms with E-state index in [9.17, 15) is 14.4 Å². The number of Topliss-reactive ketones (excluding diaryl/α,β-unsaturated/α-hetero) is 1. The van der Waals surface area contributed by atoms with Gasteiger partial charge in [-0.05, 0) is 75.8 Å². The molecule has 2 N–H and O–H groups in total. The van der Waals surface area contributed by atoms with E-state index in [1.54, 1.807) is 14.0 Å². The lowest BCUT2D eigenvalue weighted by Crippen LogP contribution is -2.45. The van der Waals surface area contributed by atoms with Crippen molar-refractivity contribution in [2.24, 2.45) is 5.92 Å². The van der Waals surface area contributed by atoms with E-state index in [0.717, 1.165) is 67.4 Å². The van der Waals surface area contributed by atoms with Crippen LogP contribution in [0.15, 0.2) is 36.7 Å². The smallest absolute Gasteiger partial charge is 0.255 e. The Morgan fingerprint density at radius 3 is 2.38 bits per heavy atom. The third kappa shape index (κ3) is 4.80. The summed E-state index contributed by atoms with van der Waals surface area (Å²) in [5.41, 5.74) is 4.57. The topological polar surface area (TPSA) is 114 Å². The summed E-state index contributed by atoms with van der Waals surface area (Å²) < 4.78 is 5.33. The molecule has 2 heterocycles. The van der Waals surface area contributed by atoms with E-state index in [1.807, 2.05) is 49.1 Å². The summed E-state index contributed by atoms with van der Waals surface area (Å²) in [6.07, 6.45) is 7.87. The third-order valence-corrected chi connectivity index (χ3v) is 9.02. The third-order valence-electron chi connectivity index (χ3n) is 9.02. The fraction of sp³-hybridized carbons (Fsp3) is 0.424. The summed E-state index contributed by atoms with van der Waals surface area (Å²) in [5.74, 6) is 1.61. The van der Waals surface area contributed by atoms with Crippen LogP contribution in [0.3, 0.4) is 0 Å². The van der Waals surface area contributed by atoms with E-state index in [-0.39, 0.29) is 23.5 Å². The van der Waals surface area contributed by atoms with Crippen LogP contribution < -0.4 is 15.4 Å². The van der Waals surface area contributed by atoms with Gasteiger partial charge in [0.1, 0.15) is 23.7 Å². The molecule has 9 heteroatoms. The van der Waals surface area contributed by atoms with Crippen molar-refractivity contribution in [3.05, 3.63) is 70.0 Å². The van der Waals surface area contributed by atoms with Gasteiger partial charge in [0.05, 0.1) is 18.3 Å². The maximum absolute atomic E-state index is 14.2. The first-order valence-electron chi connectivity index (χ1n) is 14.8. The van der Waals surface area contributed by atoms with Gasteiger partial charge in [0.25, 0.3) is 5.91 Å². The number of aryl methyl sites for hydroxylation is 1. The van der Waals surface area contributed by atoms with Gasteiger partial charge >= 0.3 is 0 Å². The number of anilines is 3. The molecule has 0 unspecified atom stereocenters. The van der Waals surface area contributed by atoms with Crippen molar-refractivity contribution in [1.29, 1.82) is 0 Å². The van der Waals surface area contributed by atoms with Crippen molar-refractivity contribution in [2.45, 2.75) is 77.8 Å². The molecule has 2 amide bonds. The van der Waals surface area contributed by atoms with Crippen molar-refractivity contribution >= 4 is 34.9 Å². The zero-order valence-electron chi connectivity index (χ0n) is 24.7. The molecule has 0 radical (unpaired) electrons. The van der Waals surface area contributed by atoms with Crippen LogP contribution in [0.2, 0.25) is 0 Å². The number of ketones is 1. The Bertz CT molecular complexity index is 1570. The minimum Gasteiger partial charge on any atom is -0.497 e. The fourth-order valence-electron chi connectivity index (χ4n) is 6.67. The highest BCUT2D eigenvalue weighted by atomic mass is 16.5. The van der Waals surface area contributed by atoms with Crippen LogP contribution >= 0.6 is 0 Å². The number of benzene rings is 2. The van der Waals surface area contributed by atoms with Gasteiger partial charge in [-0.2, -0.15) is 0 Å². The summed E-state index contributed by atoms with van der Waals surface area (Å²) in [6.45, 7) is 5.80. The van der Waals surface area contributed by atoms with E-state index in [1.165, 1.54) is 6.33 Å². The average molecular weight is 568 g/mol. The van der Waals surface area contributed by atoms with Gasteiger partial charge in [0.2, 0.25) is 5.91 Å². The van der Waals surface area contributed by atoms with Gasteiger partial charge < -0.3 is 20.3 Å². The number of nitrogens with zero attached hydrogens (tertiary/aromatic N) is 3. The lowest BCUT2D eigenvalue weighted by Gasteiger charge is -2.43. The van der Waals surface area contributed by atoms with Crippen LogP contribution in [-0.4, -0.2) is 39.6 Å². The molecule has 0 saturated heterocycles. The van der Waals surface area contributed by atoms with Gasteiger partial charge in [-0.25, -0.2) is 9.97 Å². The molecule has 3 aliphatic rings. The Kier molecular flexibility index (Phi) is 7.20.